The number of hydrogen-bond acceptors (Lipinski definition) is 2. The molecule has 2 N–H and O–H groups in total. The van der Waals surface area contributed by atoms with Crippen LogP contribution in [-0.4, -0.2) is 16.5 Å². The molecule has 1 rings (SSSR count). The van der Waals surface area contributed by atoms with Gasteiger partial charge in [-0.15, -0.1) is 11.8 Å². The Hall–Kier alpha value is -0.130. The summed E-state index contributed by atoms with van der Waals surface area (Å²) in [5.74, 6) is 7.28. The molecule has 1 aliphatic rings. The smallest absolute Gasteiger partial charge is 0.0283 e. The Bertz CT molecular complexity index is 208. The van der Waals surface area contributed by atoms with E-state index in [0.29, 0.717) is 10.8 Å². The molecule has 0 bridgehead atoms. The Morgan fingerprint density at radius 2 is 2.38 bits per heavy atom. The van der Waals surface area contributed by atoms with Crippen LogP contribution in [0.5, 0.6) is 0 Å². The summed E-state index contributed by atoms with van der Waals surface area (Å²) in [6.07, 6.45) is 4.60. The lowest BCUT2D eigenvalue weighted by Crippen LogP contribution is -2.40. The first-order chi connectivity index (χ1) is 6.19. The molecule has 0 saturated carbocycles. The highest BCUT2D eigenvalue weighted by Gasteiger charge is 2.34. The second kappa shape index (κ2) is 4.93. The largest absolute Gasteiger partial charge is 0.326 e. The fourth-order valence-corrected chi connectivity index (χ4v) is 3.13. The number of nitrogens with two attached hydrogens (primary N) is 1. The second-order valence-electron chi connectivity index (χ2n) is 3.84. The van der Waals surface area contributed by atoms with Crippen molar-refractivity contribution >= 4 is 11.8 Å². The topological polar surface area (TPSA) is 26.0 Å². The number of rotatable bonds is 3. The molecule has 0 radical (unpaired) electrons. The Morgan fingerprint density at radius 3 is 2.92 bits per heavy atom. The van der Waals surface area contributed by atoms with Gasteiger partial charge in [0.1, 0.15) is 0 Å². The molecule has 0 spiro atoms. The van der Waals surface area contributed by atoms with Gasteiger partial charge < -0.3 is 5.73 Å². The van der Waals surface area contributed by atoms with Gasteiger partial charge >= 0.3 is 0 Å². The quantitative estimate of drug-likeness (QED) is 0.703. The van der Waals surface area contributed by atoms with Gasteiger partial charge in [-0.25, -0.2) is 0 Å². The van der Waals surface area contributed by atoms with E-state index in [-0.39, 0.29) is 0 Å². The van der Waals surface area contributed by atoms with E-state index in [1.165, 1.54) is 18.6 Å². The van der Waals surface area contributed by atoms with Crippen molar-refractivity contribution in [1.29, 1.82) is 0 Å². The molecule has 2 unspecified atom stereocenters. The van der Waals surface area contributed by atoms with E-state index in [2.05, 4.69) is 18.8 Å². The molecule has 13 heavy (non-hydrogen) atoms. The van der Waals surface area contributed by atoms with Gasteiger partial charge in [0.2, 0.25) is 0 Å². The van der Waals surface area contributed by atoms with Crippen LogP contribution in [0.15, 0.2) is 0 Å². The van der Waals surface area contributed by atoms with E-state index in [4.69, 9.17) is 5.73 Å². The van der Waals surface area contributed by atoms with Crippen LogP contribution in [0.3, 0.4) is 0 Å². The first-order valence-corrected chi connectivity index (χ1v) is 5.97. The van der Waals surface area contributed by atoms with Crippen molar-refractivity contribution in [2.75, 3.05) is 5.75 Å². The lowest BCUT2D eigenvalue weighted by atomic mass is 9.93. The van der Waals surface area contributed by atoms with Crippen LogP contribution >= 0.6 is 11.8 Å². The van der Waals surface area contributed by atoms with Gasteiger partial charge in [-0.3, -0.25) is 0 Å². The van der Waals surface area contributed by atoms with Crippen molar-refractivity contribution in [3.8, 4) is 11.8 Å². The van der Waals surface area contributed by atoms with Crippen LogP contribution in [0.25, 0.3) is 0 Å². The molecular weight excluding hydrogens is 178 g/mol. The standard InChI is InChI=1S/C11H19NS/c1-3-4-5-7-10(12)11(2)8-6-9-13-11/h10H,5-9,12H2,1-2H3. The maximum absolute atomic E-state index is 6.17. The maximum Gasteiger partial charge on any atom is 0.0283 e. The zero-order valence-corrected chi connectivity index (χ0v) is 9.41. The molecule has 1 fully saturated rings. The van der Waals surface area contributed by atoms with Crippen LogP contribution in [-0.2, 0) is 0 Å². The van der Waals surface area contributed by atoms with Gasteiger partial charge in [-0.1, -0.05) is 0 Å². The molecule has 0 aromatic rings. The van der Waals surface area contributed by atoms with Crippen molar-refractivity contribution in [1.82, 2.24) is 0 Å². The lowest BCUT2D eigenvalue weighted by Gasteiger charge is -2.29. The second-order valence-corrected chi connectivity index (χ2v) is 5.47. The molecule has 74 valence electrons. The van der Waals surface area contributed by atoms with Gasteiger partial charge in [0, 0.05) is 17.2 Å². The summed E-state index contributed by atoms with van der Waals surface area (Å²) in [5, 5.41) is 0. The molecule has 2 heteroatoms. The summed E-state index contributed by atoms with van der Waals surface area (Å²) in [4.78, 5) is 0. The maximum atomic E-state index is 6.17. The summed E-state index contributed by atoms with van der Waals surface area (Å²) < 4.78 is 0.329. The van der Waals surface area contributed by atoms with Crippen molar-refractivity contribution in [2.45, 2.75) is 50.3 Å². The Labute approximate surface area is 85.8 Å². The van der Waals surface area contributed by atoms with Crippen molar-refractivity contribution in [2.24, 2.45) is 5.73 Å². The van der Waals surface area contributed by atoms with Crippen molar-refractivity contribution < 1.29 is 0 Å². The van der Waals surface area contributed by atoms with Crippen LogP contribution in [0.4, 0.5) is 0 Å². The Morgan fingerprint density at radius 1 is 1.62 bits per heavy atom. The predicted molar refractivity (Wildman–Crippen MR) is 60.8 cm³/mol. The van der Waals surface area contributed by atoms with Crippen LogP contribution in [0, 0.1) is 11.8 Å². The van der Waals surface area contributed by atoms with Gasteiger partial charge in [-0.2, -0.15) is 11.8 Å². The third kappa shape index (κ3) is 2.93. The summed E-state index contributed by atoms with van der Waals surface area (Å²) >= 11 is 2.04. The number of hydrogen-bond donors (Lipinski definition) is 1. The molecule has 1 saturated heterocycles. The molecule has 0 aromatic heterocycles. The summed E-state index contributed by atoms with van der Waals surface area (Å²) in [6, 6.07) is 0.320. The zero-order valence-electron chi connectivity index (χ0n) is 8.60. The van der Waals surface area contributed by atoms with E-state index in [9.17, 15) is 0 Å². The van der Waals surface area contributed by atoms with Crippen LogP contribution < -0.4 is 5.73 Å². The van der Waals surface area contributed by atoms with E-state index in [0.717, 1.165) is 12.8 Å². The predicted octanol–water partition coefficient (Wildman–Crippen LogP) is 2.40. The van der Waals surface area contributed by atoms with Gasteiger partial charge in [0.05, 0.1) is 0 Å². The molecule has 1 nitrogen and oxygen atoms in total. The third-order valence-electron chi connectivity index (χ3n) is 2.79. The summed E-state index contributed by atoms with van der Waals surface area (Å²) in [7, 11) is 0. The molecule has 2 atom stereocenters. The van der Waals surface area contributed by atoms with Gasteiger partial charge in [0.25, 0.3) is 0 Å². The average molecular weight is 197 g/mol. The minimum atomic E-state index is 0.320. The van der Waals surface area contributed by atoms with E-state index in [1.807, 2.05) is 18.7 Å². The molecule has 1 aliphatic heterocycles. The summed E-state index contributed by atoms with van der Waals surface area (Å²) in [6.45, 7) is 4.19. The van der Waals surface area contributed by atoms with Crippen LogP contribution in [0.1, 0.15) is 39.5 Å². The average Bonchev–Trinajstić information content (AvgIpc) is 2.54. The molecular formula is C11H19NS. The van der Waals surface area contributed by atoms with Gasteiger partial charge in [0.15, 0.2) is 0 Å². The highest BCUT2D eigenvalue weighted by Crippen LogP contribution is 2.40. The molecule has 1 heterocycles. The lowest BCUT2D eigenvalue weighted by molar-refractivity contribution is 0.464. The molecule has 0 aromatic carbocycles. The van der Waals surface area contributed by atoms with Gasteiger partial charge in [-0.05, 0) is 38.9 Å². The monoisotopic (exact) mass is 197 g/mol. The fourth-order valence-electron chi connectivity index (χ4n) is 1.75. The minimum Gasteiger partial charge on any atom is -0.326 e. The molecule has 0 aliphatic carbocycles. The normalized spacial score (nSPS) is 29.5. The van der Waals surface area contributed by atoms with E-state index < -0.39 is 0 Å². The Balaban J connectivity index is 2.35. The first-order valence-electron chi connectivity index (χ1n) is 4.98. The number of thioether (sulfide) groups is 1. The van der Waals surface area contributed by atoms with E-state index >= 15 is 0 Å². The zero-order chi connectivity index (χ0) is 9.73. The van der Waals surface area contributed by atoms with E-state index in [1.54, 1.807) is 0 Å². The first kappa shape index (κ1) is 10.9. The minimum absolute atomic E-state index is 0.320. The SMILES string of the molecule is CC#CCCC(N)C1(C)CCCS1. The van der Waals surface area contributed by atoms with Crippen LogP contribution in [0.2, 0.25) is 0 Å². The van der Waals surface area contributed by atoms with Crippen molar-refractivity contribution in [3.05, 3.63) is 0 Å². The highest BCUT2D eigenvalue weighted by molar-refractivity contribution is 8.00. The highest BCUT2D eigenvalue weighted by atomic mass is 32.2. The molecule has 0 amide bonds. The van der Waals surface area contributed by atoms with Crippen molar-refractivity contribution in [3.63, 3.8) is 0 Å². The third-order valence-corrected chi connectivity index (χ3v) is 4.45. The fraction of sp³-hybridized carbons (Fsp3) is 0.818. The Kier molecular flexibility index (Phi) is 4.15. The summed E-state index contributed by atoms with van der Waals surface area (Å²) in [5.41, 5.74) is 6.17.